The van der Waals surface area contributed by atoms with Crippen molar-refractivity contribution in [3.8, 4) is 0 Å². The number of nitrogens with one attached hydrogen (secondary N) is 1. The van der Waals surface area contributed by atoms with Crippen molar-refractivity contribution in [2.24, 2.45) is 0 Å². The maximum atomic E-state index is 12.2. The number of furan rings is 1. The fourth-order valence-electron chi connectivity index (χ4n) is 2.61. The molecule has 1 N–H and O–H groups in total. The van der Waals surface area contributed by atoms with Crippen LogP contribution in [0.2, 0.25) is 0 Å². The largest absolute Gasteiger partial charge is 0.460 e. The van der Waals surface area contributed by atoms with Crippen molar-refractivity contribution in [3.63, 3.8) is 0 Å². The summed E-state index contributed by atoms with van der Waals surface area (Å²) in [7, 11) is -1.79. The van der Waals surface area contributed by atoms with Crippen LogP contribution in [0.4, 0.5) is 5.69 Å². The molecule has 1 aromatic carbocycles. The summed E-state index contributed by atoms with van der Waals surface area (Å²) < 4.78 is 29.6. The highest BCUT2D eigenvalue weighted by Gasteiger charge is 2.13. The first-order valence-electron chi connectivity index (χ1n) is 8.13. The van der Waals surface area contributed by atoms with Gasteiger partial charge in [0.15, 0.2) is 0 Å². The number of amides is 1. The highest BCUT2D eigenvalue weighted by Crippen LogP contribution is 2.22. The number of hydrogen-bond donors (Lipinski definition) is 1. The summed E-state index contributed by atoms with van der Waals surface area (Å²) in [5.74, 6) is 0.726. The van der Waals surface area contributed by atoms with Crippen molar-refractivity contribution in [2.45, 2.75) is 27.3 Å². The molecule has 7 heteroatoms. The summed E-state index contributed by atoms with van der Waals surface area (Å²) in [4.78, 5) is 12.2. The van der Waals surface area contributed by atoms with E-state index in [9.17, 15) is 13.2 Å². The Morgan fingerprint density at radius 2 is 1.81 bits per heavy atom. The topological polar surface area (TPSA) is 79.6 Å². The van der Waals surface area contributed by atoms with Crippen molar-refractivity contribution in [1.82, 2.24) is 4.31 Å². The molecule has 0 spiro atoms. The van der Waals surface area contributed by atoms with E-state index >= 15 is 0 Å². The maximum Gasteiger partial charge on any atom is 0.248 e. The fourth-order valence-corrected chi connectivity index (χ4v) is 2.97. The number of hydrogen-bond acceptors (Lipinski definition) is 4. The Balaban J connectivity index is 2.03. The van der Waals surface area contributed by atoms with E-state index < -0.39 is 10.0 Å². The first-order valence-corrected chi connectivity index (χ1v) is 9.98. The molecular weight excluding hydrogens is 352 g/mol. The minimum absolute atomic E-state index is 0.140. The summed E-state index contributed by atoms with van der Waals surface area (Å²) in [6.07, 6.45) is 4.08. The Hall–Kier alpha value is -2.38. The van der Waals surface area contributed by atoms with E-state index in [0.717, 1.165) is 28.6 Å². The molecule has 0 aliphatic rings. The van der Waals surface area contributed by atoms with Gasteiger partial charge in [-0.25, -0.2) is 8.42 Å². The Kier molecular flexibility index (Phi) is 6.05. The summed E-state index contributed by atoms with van der Waals surface area (Å²) in [5, 5.41) is 2.88. The standard InChI is InChI=1S/C19H24N2O4S/c1-13-10-14(2)19(15(3)11-13)20-18(22)9-8-16-6-7-17(25-16)12-21(4)26(5,23)24/h6-11H,12H2,1-5H3,(H,20,22)/b9-8+. The maximum absolute atomic E-state index is 12.2. The zero-order chi connectivity index (χ0) is 19.5. The molecular formula is C19H24N2O4S. The van der Waals surface area contributed by atoms with Gasteiger partial charge in [-0.05, 0) is 50.1 Å². The number of rotatable bonds is 6. The number of carbonyl (C=O) groups excluding carboxylic acids is 1. The molecule has 26 heavy (non-hydrogen) atoms. The molecule has 1 amide bonds. The average Bonchev–Trinajstić information content (AvgIpc) is 2.95. The molecule has 1 aromatic heterocycles. The molecule has 1 heterocycles. The number of aryl methyl sites for hydroxylation is 3. The molecule has 6 nitrogen and oxygen atoms in total. The Labute approximate surface area is 154 Å². The minimum atomic E-state index is -3.27. The number of carbonyl (C=O) groups is 1. The zero-order valence-corrected chi connectivity index (χ0v) is 16.5. The van der Waals surface area contributed by atoms with Gasteiger partial charge in [0.1, 0.15) is 11.5 Å². The van der Waals surface area contributed by atoms with Crippen LogP contribution in [0.15, 0.2) is 34.8 Å². The van der Waals surface area contributed by atoms with Gasteiger partial charge in [-0.1, -0.05) is 17.7 Å². The van der Waals surface area contributed by atoms with Crippen molar-refractivity contribution in [2.75, 3.05) is 18.6 Å². The lowest BCUT2D eigenvalue weighted by Gasteiger charge is -2.11. The number of benzene rings is 1. The van der Waals surface area contributed by atoms with Gasteiger partial charge in [0.2, 0.25) is 15.9 Å². The second-order valence-electron chi connectivity index (χ2n) is 6.42. The number of nitrogens with zero attached hydrogens (tertiary/aromatic N) is 1. The van der Waals surface area contributed by atoms with Crippen LogP contribution in [0.5, 0.6) is 0 Å². The normalized spacial score (nSPS) is 12.1. The third-order valence-corrected chi connectivity index (χ3v) is 5.21. The van der Waals surface area contributed by atoms with E-state index in [0.29, 0.717) is 11.5 Å². The summed E-state index contributed by atoms with van der Waals surface area (Å²) in [6.45, 7) is 6.06. The van der Waals surface area contributed by atoms with E-state index in [1.54, 1.807) is 18.2 Å². The molecule has 0 unspecified atom stereocenters. The van der Waals surface area contributed by atoms with Gasteiger partial charge in [-0.15, -0.1) is 0 Å². The molecule has 0 aliphatic carbocycles. The van der Waals surface area contributed by atoms with Crippen LogP contribution >= 0.6 is 0 Å². The van der Waals surface area contributed by atoms with Crippen LogP contribution in [0, 0.1) is 20.8 Å². The van der Waals surface area contributed by atoms with Crippen LogP contribution in [-0.4, -0.2) is 31.9 Å². The SMILES string of the molecule is Cc1cc(C)c(NC(=O)/C=C/c2ccc(CN(C)S(C)(=O)=O)o2)c(C)c1. The van der Waals surface area contributed by atoms with Crippen LogP contribution in [-0.2, 0) is 21.4 Å². The average molecular weight is 376 g/mol. The monoisotopic (exact) mass is 376 g/mol. The zero-order valence-electron chi connectivity index (χ0n) is 15.7. The van der Waals surface area contributed by atoms with Gasteiger partial charge in [0.05, 0.1) is 12.8 Å². The number of sulfonamides is 1. The van der Waals surface area contributed by atoms with Crippen LogP contribution in [0.25, 0.3) is 6.08 Å². The van der Waals surface area contributed by atoms with E-state index in [1.165, 1.54) is 17.4 Å². The van der Waals surface area contributed by atoms with Crippen LogP contribution < -0.4 is 5.32 Å². The minimum Gasteiger partial charge on any atom is -0.460 e. The van der Waals surface area contributed by atoms with E-state index in [1.807, 2.05) is 32.9 Å². The molecule has 0 saturated heterocycles. The summed E-state index contributed by atoms with van der Waals surface area (Å²) in [5.41, 5.74) is 3.97. The predicted molar refractivity (Wildman–Crippen MR) is 103 cm³/mol. The molecule has 0 atom stereocenters. The lowest BCUT2D eigenvalue weighted by molar-refractivity contribution is -0.111. The quantitative estimate of drug-likeness (QED) is 0.785. The van der Waals surface area contributed by atoms with E-state index in [2.05, 4.69) is 5.32 Å². The highest BCUT2D eigenvalue weighted by molar-refractivity contribution is 7.88. The van der Waals surface area contributed by atoms with Gasteiger partial charge >= 0.3 is 0 Å². The molecule has 2 rings (SSSR count). The lowest BCUT2D eigenvalue weighted by Crippen LogP contribution is -2.24. The molecule has 2 aromatic rings. The second kappa shape index (κ2) is 7.88. The Bertz CT molecular complexity index is 919. The molecule has 0 fully saturated rings. The third kappa shape index (κ3) is 5.31. The lowest BCUT2D eigenvalue weighted by atomic mass is 10.1. The first-order chi connectivity index (χ1) is 12.1. The van der Waals surface area contributed by atoms with Crippen LogP contribution in [0.3, 0.4) is 0 Å². The molecule has 0 radical (unpaired) electrons. The molecule has 0 saturated carbocycles. The van der Waals surface area contributed by atoms with Gasteiger partial charge in [-0.2, -0.15) is 4.31 Å². The number of anilines is 1. The van der Waals surface area contributed by atoms with Crippen LogP contribution in [0.1, 0.15) is 28.2 Å². The van der Waals surface area contributed by atoms with Crippen molar-refractivity contribution < 1.29 is 17.6 Å². The first kappa shape index (κ1) is 19.9. The molecule has 0 bridgehead atoms. The smallest absolute Gasteiger partial charge is 0.248 e. The fraction of sp³-hybridized carbons (Fsp3) is 0.316. The van der Waals surface area contributed by atoms with Gasteiger partial charge < -0.3 is 9.73 Å². The second-order valence-corrected chi connectivity index (χ2v) is 8.51. The van der Waals surface area contributed by atoms with E-state index in [4.69, 9.17) is 4.42 Å². The van der Waals surface area contributed by atoms with Crippen molar-refractivity contribution in [3.05, 3.63) is 58.6 Å². The van der Waals surface area contributed by atoms with Gasteiger partial charge in [-0.3, -0.25) is 4.79 Å². The van der Waals surface area contributed by atoms with Gasteiger partial charge in [0.25, 0.3) is 0 Å². The van der Waals surface area contributed by atoms with Gasteiger partial charge in [0, 0.05) is 18.8 Å². The van der Waals surface area contributed by atoms with Crippen molar-refractivity contribution in [1.29, 1.82) is 0 Å². The Morgan fingerprint density at radius 3 is 2.38 bits per heavy atom. The third-order valence-electron chi connectivity index (χ3n) is 3.95. The molecule has 140 valence electrons. The van der Waals surface area contributed by atoms with E-state index in [-0.39, 0.29) is 12.5 Å². The van der Waals surface area contributed by atoms with Crippen molar-refractivity contribution >= 4 is 27.7 Å². The summed E-state index contributed by atoms with van der Waals surface area (Å²) >= 11 is 0. The highest BCUT2D eigenvalue weighted by atomic mass is 32.2. The summed E-state index contributed by atoms with van der Waals surface area (Å²) in [6, 6.07) is 7.41. The molecule has 0 aliphatic heterocycles. The predicted octanol–water partition coefficient (Wildman–Crippen LogP) is 3.25. The Morgan fingerprint density at radius 1 is 1.19 bits per heavy atom.